The monoisotopic (exact) mass is 414 g/mol. The van der Waals surface area contributed by atoms with Gasteiger partial charge in [-0.25, -0.2) is 16.8 Å². The predicted molar refractivity (Wildman–Crippen MR) is 82.9 cm³/mol. The summed E-state index contributed by atoms with van der Waals surface area (Å²) >= 11 is 0. The average Bonchev–Trinajstić information content (AvgIpc) is 2.52. The van der Waals surface area contributed by atoms with E-state index in [9.17, 15) is 30.0 Å². The molecule has 0 saturated heterocycles. The van der Waals surface area contributed by atoms with E-state index >= 15 is 0 Å². The molecule has 0 heterocycles. The van der Waals surface area contributed by atoms with Crippen LogP contribution in [0.15, 0.2) is 57.2 Å². The second kappa shape index (κ2) is 6.50. The van der Waals surface area contributed by atoms with Crippen molar-refractivity contribution < 1.29 is 34.7 Å². The van der Waals surface area contributed by atoms with Crippen molar-refractivity contribution in [2.45, 2.75) is 20.9 Å². The van der Waals surface area contributed by atoms with E-state index in [-0.39, 0.29) is 4.90 Å². The van der Waals surface area contributed by atoms with Gasteiger partial charge in [-0.15, -0.1) is 0 Å². The van der Waals surface area contributed by atoms with Crippen LogP contribution in [-0.2, 0) is 25.1 Å². The van der Waals surface area contributed by atoms with Crippen LogP contribution in [0.4, 0.5) is 13.2 Å². The fourth-order valence-electron chi connectivity index (χ4n) is 2.00. The first kappa shape index (κ1) is 19.5. The van der Waals surface area contributed by atoms with Crippen molar-refractivity contribution in [3.8, 4) is 5.75 Å². The Balaban J connectivity index is 2.66. The quantitative estimate of drug-likeness (QED) is 0.716. The lowest BCUT2D eigenvalue weighted by molar-refractivity contribution is -0.139. The van der Waals surface area contributed by atoms with E-state index in [1.807, 2.05) is 0 Å². The van der Waals surface area contributed by atoms with Gasteiger partial charge in [0.1, 0.15) is 5.75 Å². The highest BCUT2D eigenvalue weighted by Crippen LogP contribution is 2.37. The highest BCUT2D eigenvalue weighted by molar-refractivity contribution is 8.13. The summed E-state index contributed by atoms with van der Waals surface area (Å²) in [6.45, 7) is 0. The largest absolute Gasteiger partial charge is 0.497 e. The minimum absolute atomic E-state index is 0.244. The molecule has 0 aliphatic carbocycles. The van der Waals surface area contributed by atoms with Gasteiger partial charge in [-0.3, -0.25) is 0 Å². The molecule has 0 aliphatic heterocycles. The highest BCUT2D eigenvalue weighted by atomic mass is 35.7. The van der Waals surface area contributed by atoms with E-state index in [1.54, 1.807) is 0 Å². The summed E-state index contributed by atoms with van der Waals surface area (Å²) in [4.78, 5) is -2.20. The molecule has 0 spiro atoms. The zero-order chi connectivity index (χ0) is 19.0. The fourth-order valence-corrected chi connectivity index (χ4v) is 4.46. The van der Waals surface area contributed by atoms with Crippen LogP contribution in [-0.4, -0.2) is 23.9 Å². The second-order valence-electron chi connectivity index (χ2n) is 4.77. The number of rotatable bonds is 4. The number of alkyl halides is 3. The molecule has 5 nitrogen and oxygen atoms in total. The van der Waals surface area contributed by atoms with Crippen LogP contribution in [0, 0.1) is 0 Å². The topological polar surface area (TPSA) is 77.5 Å². The van der Waals surface area contributed by atoms with Crippen LogP contribution in [0.2, 0.25) is 0 Å². The lowest BCUT2D eigenvalue weighted by Crippen LogP contribution is -2.12. The third-order valence-corrected chi connectivity index (χ3v) is 6.33. The molecule has 2 aromatic carbocycles. The first-order chi connectivity index (χ1) is 11.4. The maximum absolute atomic E-state index is 12.9. The molecule has 0 N–H and O–H groups in total. The number of ether oxygens (including phenoxy) is 1. The molecule has 0 amide bonds. The summed E-state index contributed by atoms with van der Waals surface area (Å²) in [6, 6.07) is 6.48. The maximum Gasteiger partial charge on any atom is 0.417 e. The van der Waals surface area contributed by atoms with Gasteiger partial charge in [-0.2, -0.15) is 13.2 Å². The van der Waals surface area contributed by atoms with Crippen molar-refractivity contribution in [1.29, 1.82) is 0 Å². The molecular weight excluding hydrogens is 405 g/mol. The van der Waals surface area contributed by atoms with Crippen molar-refractivity contribution >= 4 is 29.6 Å². The third-order valence-electron chi connectivity index (χ3n) is 3.20. The Hall–Kier alpha value is -1.78. The SMILES string of the molecule is COc1ccc(S(=O)(=O)c2ccc(C(F)(F)F)c(S(=O)(=O)Cl)c2)cc1. The summed E-state index contributed by atoms with van der Waals surface area (Å²) in [6.07, 6.45) is -5.01. The molecule has 0 aromatic heterocycles. The summed E-state index contributed by atoms with van der Waals surface area (Å²) in [7, 11) is -2.67. The van der Waals surface area contributed by atoms with Crippen molar-refractivity contribution in [1.82, 2.24) is 0 Å². The van der Waals surface area contributed by atoms with Crippen molar-refractivity contribution in [3.05, 3.63) is 48.0 Å². The lowest BCUT2D eigenvalue weighted by Gasteiger charge is -2.13. The van der Waals surface area contributed by atoms with Crippen molar-refractivity contribution in [2.24, 2.45) is 0 Å². The van der Waals surface area contributed by atoms with Crippen LogP contribution >= 0.6 is 10.7 Å². The molecule has 0 saturated carbocycles. The van der Waals surface area contributed by atoms with Gasteiger partial charge in [-0.1, -0.05) is 0 Å². The van der Waals surface area contributed by atoms with E-state index < -0.39 is 40.4 Å². The van der Waals surface area contributed by atoms with Gasteiger partial charge in [0.2, 0.25) is 9.84 Å². The van der Waals surface area contributed by atoms with Crippen LogP contribution < -0.4 is 4.74 Å². The summed E-state index contributed by atoms with van der Waals surface area (Å²) < 4.78 is 91.6. The molecular formula is C14H10ClF3O5S2. The summed E-state index contributed by atoms with van der Waals surface area (Å²) in [5.41, 5.74) is -1.55. The number of benzene rings is 2. The van der Waals surface area contributed by atoms with Gasteiger partial charge >= 0.3 is 6.18 Å². The molecule has 0 unspecified atom stereocenters. The zero-order valence-corrected chi connectivity index (χ0v) is 14.8. The van der Waals surface area contributed by atoms with E-state index in [0.717, 1.165) is 0 Å². The Bertz CT molecular complexity index is 998. The van der Waals surface area contributed by atoms with E-state index in [1.165, 1.54) is 31.4 Å². The van der Waals surface area contributed by atoms with E-state index in [2.05, 4.69) is 0 Å². The first-order valence-corrected chi connectivity index (χ1v) is 10.2. The Morgan fingerprint density at radius 3 is 1.88 bits per heavy atom. The van der Waals surface area contributed by atoms with Crippen molar-refractivity contribution in [3.63, 3.8) is 0 Å². The molecule has 0 fully saturated rings. The van der Waals surface area contributed by atoms with Gasteiger partial charge in [0.05, 0.1) is 27.4 Å². The van der Waals surface area contributed by atoms with Gasteiger partial charge in [-0.05, 0) is 42.5 Å². The number of methoxy groups -OCH3 is 1. The fraction of sp³-hybridized carbons (Fsp3) is 0.143. The molecule has 2 aromatic rings. The Kier molecular flexibility index (Phi) is 5.08. The minimum atomic E-state index is -5.01. The van der Waals surface area contributed by atoms with Gasteiger partial charge in [0, 0.05) is 10.7 Å². The number of sulfone groups is 1. The lowest BCUT2D eigenvalue weighted by atomic mass is 10.2. The van der Waals surface area contributed by atoms with Gasteiger partial charge in [0.25, 0.3) is 9.05 Å². The minimum Gasteiger partial charge on any atom is -0.497 e. The second-order valence-corrected chi connectivity index (χ2v) is 9.26. The standard InChI is InChI=1S/C14H10ClF3O5S2/c1-23-9-2-4-10(5-3-9)24(19,20)11-6-7-12(14(16,17)18)13(8-11)25(15,21)22/h2-8H,1H3. The van der Waals surface area contributed by atoms with Gasteiger partial charge in [0.15, 0.2) is 0 Å². The van der Waals surface area contributed by atoms with Crippen LogP contribution in [0.25, 0.3) is 0 Å². The van der Waals surface area contributed by atoms with Crippen LogP contribution in [0.3, 0.4) is 0 Å². The molecule has 25 heavy (non-hydrogen) atoms. The molecule has 0 aliphatic rings. The molecule has 2 rings (SSSR count). The Morgan fingerprint density at radius 2 is 1.44 bits per heavy atom. The average molecular weight is 415 g/mol. The maximum atomic E-state index is 12.9. The smallest absolute Gasteiger partial charge is 0.417 e. The van der Waals surface area contributed by atoms with E-state index in [4.69, 9.17) is 15.4 Å². The van der Waals surface area contributed by atoms with Crippen LogP contribution in [0.5, 0.6) is 5.75 Å². The Morgan fingerprint density at radius 1 is 0.920 bits per heavy atom. The summed E-state index contributed by atoms with van der Waals surface area (Å²) in [5.74, 6) is 0.371. The van der Waals surface area contributed by atoms with Crippen molar-refractivity contribution in [2.75, 3.05) is 7.11 Å². The molecule has 136 valence electrons. The highest BCUT2D eigenvalue weighted by Gasteiger charge is 2.37. The predicted octanol–water partition coefficient (Wildman–Crippen LogP) is 3.47. The van der Waals surface area contributed by atoms with Gasteiger partial charge < -0.3 is 4.74 Å². The number of hydrogen-bond donors (Lipinski definition) is 0. The Labute approximate surface area is 146 Å². The number of halogens is 4. The molecule has 0 bridgehead atoms. The normalized spacial score (nSPS) is 12.8. The zero-order valence-electron chi connectivity index (χ0n) is 12.4. The first-order valence-electron chi connectivity index (χ1n) is 6.42. The molecule has 0 atom stereocenters. The third kappa shape index (κ3) is 4.07. The molecule has 0 radical (unpaired) electrons. The number of hydrogen-bond acceptors (Lipinski definition) is 5. The summed E-state index contributed by atoms with van der Waals surface area (Å²) in [5, 5.41) is 0. The van der Waals surface area contributed by atoms with E-state index in [0.29, 0.717) is 23.9 Å². The molecule has 11 heteroatoms. The van der Waals surface area contributed by atoms with Crippen LogP contribution in [0.1, 0.15) is 5.56 Å².